The zero-order valence-corrected chi connectivity index (χ0v) is 18.6. The highest BCUT2D eigenvalue weighted by atomic mass is 127. The zero-order valence-electron chi connectivity index (χ0n) is 16.5. The molecule has 1 aliphatic rings. The van der Waals surface area contributed by atoms with Crippen molar-refractivity contribution >= 4 is 34.3 Å². The zero-order chi connectivity index (χ0) is 20.9. The summed E-state index contributed by atoms with van der Waals surface area (Å²) in [5.41, 5.74) is 4.15. The summed E-state index contributed by atoms with van der Waals surface area (Å²) in [6, 6.07) is 20.0. The molecule has 30 heavy (non-hydrogen) atoms. The van der Waals surface area contributed by atoms with Crippen molar-refractivity contribution in [2.24, 2.45) is 0 Å². The molecule has 0 atom stereocenters. The Kier molecular flexibility index (Phi) is 4.50. The molecule has 5 rings (SSSR count). The maximum absolute atomic E-state index is 12.9. The molecule has 1 amide bonds. The minimum absolute atomic E-state index is 0.440. The SMILES string of the molecule is CC(C)(NC(=O)OC1c2ccccc2-c2ccccc21)c1nnc2cc(I)ccn12. The number of halogens is 1. The van der Waals surface area contributed by atoms with Crippen molar-refractivity contribution in [3.63, 3.8) is 0 Å². The van der Waals surface area contributed by atoms with Crippen LogP contribution in [0.2, 0.25) is 0 Å². The first-order valence-electron chi connectivity index (χ1n) is 9.62. The molecule has 0 spiro atoms. The Labute approximate surface area is 187 Å². The minimum atomic E-state index is -0.777. The summed E-state index contributed by atoms with van der Waals surface area (Å²) in [6.07, 6.45) is 0.966. The van der Waals surface area contributed by atoms with E-state index in [0.717, 1.165) is 31.5 Å². The van der Waals surface area contributed by atoms with Crippen molar-refractivity contribution in [1.82, 2.24) is 19.9 Å². The van der Waals surface area contributed by atoms with E-state index in [-0.39, 0.29) is 0 Å². The summed E-state index contributed by atoms with van der Waals surface area (Å²) in [7, 11) is 0. The predicted molar refractivity (Wildman–Crippen MR) is 122 cm³/mol. The summed E-state index contributed by atoms with van der Waals surface area (Å²) in [6.45, 7) is 3.78. The molecule has 0 saturated heterocycles. The van der Waals surface area contributed by atoms with Gasteiger partial charge < -0.3 is 10.1 Å². The first-order chi connectivity index (χ1) is 14.4. The first kappa shape index (κ1) is 19.0. The fraction of sp³-hybridized carbons (Fsp3) is 0.174. The van der Waals surface area contributed by atoms with Crippen LogP contribution in [-0.2, 0) is 10.3 Å². The molecule has 0 saturated carbocycles. The lowest BCUT2D eigenvalue weighted by Gasteiger charge is -2.25. The van der Waals surface area contributed by atoms with Crippen LogP contribution in [0.1, 0.15) is 36.9 Å². The summed E-state index contributed by atoms with van der Waals surface area (Å²) in [4.78, 5) is 12.9. The van der Waals surface area contributed by atoms with Crippen LogP contribution in [0.4, 0.5) is 4.79 Å². The number of ether oxygens (including phenoxy) is 1. The number of amides is 1. The van der Waals surface area contributed by atoms with E-state index >= 15 is 0 Å². The number of carbonyl (C=O) groups is 1. The van der Waals surface area contributed by atoms with Crippen LogP contribution in [0.25, 0.3) is 16.8 Å². The molecule has 4 aromatic rings. The van der Waals surface area contributed by atoms with Crippen LogP contribution >= 0.6 is 22.6 Å². The Morgan fingerprint density at radius 2 is 1.67 bits per heavy atom. The Bertz CT molecular complexity index is 1240. The van der Waals surface area contributed by atoms with Gasteiger partial charge in [-0.15, -0.1) is 10.2 Å². The standard InChI is InChI=1S/C23H19IN4O2/c1-23(2,21-27-26-19-13-14(24)11-12-28(19)21)25-22(29)30-20-17-9-5-3-7-15(17)16-8-4-6-10-18(16)20/h3-13,20H,1-2H3,(H,25,29). The molecular formula is C23H19IN4O2. The number of rotatable bonds is 3. The van der Waals surface area contributed by atoms with Crippen LogP contribution in [-0.4, -0.2) is 20.7 Å². The highest BCUT2D eigenvalue weighted by molar-refractivity contribution is 14.1. The van der Waals surface area contributed by atoms with Crippen LogP contribution < -0.4 is 5.32 Å². The number of nitrogens with one attached hydrogen (secondary N) is 1. The average Bonchev–Trinajstić information content (AvgIpc) is 3.28. The van der Waals surface area contributed by atoms with Crippen molar-refractivity contribution in [2.75, 3.05) is 0 Å². The minimum Gasteiger partial charge on any atom is -0.436 e. The normalized spacial score (nSPS) is 13.2. The second-order valence-corrected chi connectivity index (χ2v) is 9.05. The average molecular weight is 510 g/mol. The topological polar surface area (TPSA) is 68.5 Å². The molecule has 7 heteroatoms. The third kappa shape index (κ3) is 3.13. The number of alkyl carbamates (subject to hydrolysis) is 1. The van der Waals surface area contributed by atoms with Gasteiger partial charge in [-0.25, -0.2) is 4.79 Å². The van der Waals surface area contributed by atoms with Crippen LogP contribution in [0.15, 0.2) is 66.9 Å². The molecule has 2 heterocycles. The Morgan fingerprint density at radius 1 is 1.03 bits per heavy atom. The summed E-state index contributed by atoms with van der Waals surface area (Å²) >= 11 is 2.24. The monoisotopic (exact) mass is 510 g/mol. The van der Waals surface area contributed by atoms with Crippen LogP contribution in [0, 0.1) is 3.57 Å². The fourth-order valence-electron chi connectivity index (χ4n) is 3.98. The van der Waals surface area contributed by atoms with Gasteiger partial charge in [-0.1, -0.05) is 48.5 Å². The maximum Gasteiger partial charge on any atom is 0.408 e. The third-order valence-corrected chi connectivity index (χ3v) is 6.02. The number of fused-ring (bicyclic) bond motifs is 4. The molecule has 2 aromatic carbocycles. The molecule has 150 valence electrons. The van der Waals surface area contributed by atoms with E-state index in [9.17, 15) is 4.79 Å². The number of nitrogens with zero attached hydrogens (tertiary/aromatic N) is 3. The summed E-state index contributed by atoms with van der Waals surface area (Å²) < 4.78 is 8.87. The van der Waals surface area contributed by atoms with Crippen molar-refractivity contribution in [3.8, 4) is 11.1 Å². The predicted octanol–water partition coefficient (Wildman–Crippen LogP) is 5.07. The quantitative estimate of drug-likeness (QED) is 0.391. The summed E-state index contributed by atoms with van der Waals surface area (Å²) in [5.74, 6) is 0.637. The Balaban J connectivity index is 1.42. The number of benzene rings is 2. The molecule has 0 unspecified atom stereocenters. The van der Waals surface area contributed by atoms with E-state index in [1.807, 2.05) is 73.0 Å². The van der Waals surface area contributed by atoms with Gasteiger partial charge in [0.15, 0.2) is 17.6 Å². The molecule has 0 radical (unpaired) electrons. The van der Waals surface area contributed by atoms with Gasteiger partial charge in [-0.05, 0) is 59.7 Å². The lowest BCUT2D eigenvalue weighted by Crippen LogP contribution is -2.43. The fourth-order valence-corrected chi connectivity index (χ4v) is 4.42. The maximum atomic E-state index is 12.9. The summed E-state index contributed by atoms with van der Waals surface area (Å²) in [5, 5.41) is 11.5. The van der Waals surface area contributed by atoms with Gasteiger partial charge in [0.05, 0.1) is 5.54 Å². The molecule has 1 aliphatic carbocycles. The van der Waals surface area contributed by atoms with Crippen molar-refractivity contribution < 1.29 is 9.53 Å². The van der Waals surface area contributed by atoms with Gasteiger partial charge >= 0.3 is 6.09 Å². The largest absolute Gasteiger partial charge is 0.436 e. The molecule has 0 aliphatic heterocycles. The second-order valence-electron chi connectivity index (χ2n) is 7.81. The van der Waals surface area contributed by atoms with Gasteiger partial charge in [-0.3, -0.25) is 4.40 Å². The Hall–Kier alpha value is -2.94. The van der Waals surface area contributed by atoms with Crippen LogP contribution in [0.3, 0.4) is 0 Å². The number of carbonyl (C=O) groups excluding carboxylic acids is 1. The number of pyridine rings is 1. The lowest BCUT2D eigenvalue weighted by molar-refractivity contribution is 0.108. The van der Waals surface area contributed by atoms with Gasteiger partial charge in [0.2, 0.25) is 0 Å². The molecule has 2 aromatic heterocycles. The smallest absolute Gasteiger partial charge is 0.408 e. The number of aromatic nitrogens is 3. The highest BCUT2D eigenvalue weighted by Gasteiger charge is 2.34. The Morgan fingerprint density at radius 3 is 2.33 bits per heavy atom. The van der Waals surface area contributed by atoms with Crippen molar-refractivity contribution in [1.29, 1.82) is 0 Å². The lowest BCUT2D eigenvalue weighted by atomic mass is 10.1. The second kappa shape index (κ2) is 7.09. The highest BCUT2D eigenvalue weighted by Crippen LogP contribution is 2.45. The van der Waals surface area contributed by atoms with E-state index in [4.69, 9.17) is 4.74 Å². The van der Waals surface area contributed by atoms with E-state index in [2.05, 4.69) is 50.2 Å². The van der Waals surface area contributed by atoms with E-state index in [0.29, 0.717) is 5.82 Å². The van der Waals surface area contributed by atoms with Crippen molar-refractivity contribution in [3.05, 3.63) is 87.4 Å². The number of hydrogen-bond donors (Lipinski definition) is 1. The van der Waals surface area contributed by atoms with Gasteiger partial charge in [0.1, 0.15) is 0 Å². The number of hydrogen-bond acceptors (Lipinski definition) is 4. The molecule has 0 fully saturated rings. The van der Waals surface area contributed by atoms with Gasteiger partial charge in [-0.2, -0.15) is 0 Å². The third-order valence-electron chi connectivity index (χ3n) is 5.35. The van der Waals surface area contributed by atoms with Crippen LogP contribution in [0.5, 0.6) is 0 Å². The van der Waals surface area contributed by atoms with Crippen molar-refractivity contribution in [2.45, 2.75) is 25.5 Å². The first-order valence-corrected chi connectivity index (χ1v) is 10.7. The molecule has 6 nitrogen and oxygen atoms in total. The molecule has 0 bridgehead atoms. The van der Waals surface area contributed by atoms with E-state index in [1.165, 1.54) is 0 Å². The van der Waals surface area contributed by atoms with Gasteiger partial charge in [0.25, 0.3) is 0 Å². The molecule has 1 N–H and O–H groups in total. The molecular weight excluding hydrogens is 491 g/mol. The van der Waals surface area contributed by atoms with E-state index in [1.54, 1.807) is 0 Å². The van der Waals surface area contributed by atoms with Gasteiger partial charge in [0, 0.05) is 20.9 Å². The van der Waals surface area contributed by atoms with E-state index < -0.39 is 17.7 Å².